The third-order valence-corrected chi connectivity index (χ3v) is 6.20. The van der Waals surface area contributed by atoms with E-state index in [2.05, 4.69) is 10.3 Å². The highest BCUT2D eigenvalue weighted by Gasteiger charge is 2.47. The quantitative estimate of drug-likeness (QED) is 0.794. The maximum Gasteiger partial charge on any atom is 0.231 e. The first kappa shape index (κ1) is 20.7. The number of amides is 2. The molecule has 2 amide bonds. The summed E-state index contributed by atoms with van der Waals surface area (Å²) in [6, 6.07) is 6.04. The second kappa shape index (κ2) is 7.00. The van der Waals surface area contributed by atoms with Crippen LogP contribution in [0.15, 0.2) is 23.2 Å². The van der Waals surface area contributed by atoms with Crippen molar-refractivity contribution < 1.29 is 14.3 Å². The standard InChI is InChI=1S/C23H32N4O3/c1-13-6-7-15-17(10-23(4,5)30-18(15)8-13)25-20(29)16-9-14(16)12-27-19(28)11-22(2,3)26-21(27)24/h6-8,14,16-17H,9-12H2,1-5H3,(H2,24,26)(H,25,29)/t14-,16+,17+/m1/s1. The SMILES string of the molecule is Cc1ccc2c(c1)OC(C)(C)C[C@@H]2NC(=O)[C@H]1C[C@@H]1CN1C(=O)CC(C)(C)N=C1N. The number of nitrogens with two attached hydrogens (primary N) is 1. The van der Waals surface area contributed by atoms with E-state index in [4.69, 9.17) is 10.5 Å². The summed E-state index contributed by atoms with van der Waals surface area (Å²) >= 11 is 0. The number of nitrogens with zero attached hydrogens (tertiary/aromatic N) is 2. The first-order chi connectivity index (χ1) is 13.9. The number of ether oxygens (including phenoxy) is 1. The van der Waals surface area contributed by atoms with Crippen LogP contribution in [-0.2, 0) is 9.59 Å². The van der Waals surface area contributed by atoms with Gasteiger partial charge in [-0.25, -0.2) is 4.99 Å². The highest BCUT2D eigenvalue weighted by molar-refractivity contribution is 5.99. The van der Waals surface area contributed by atoms with Gasteiger partial charge in [0, 0.05) is 24.4 Å². The van der Waals surface area contributed by atoms with Gasteiger partial charge in [-0.15, -0.1) is 0 Å². The molecule has 1 aliphatic carbocycles. The van der Waals surface area contributed by atoms with E-state index in [0.29, 0.717) is 19.4 Å². The fraction of sp³-hybridized carbons (Fsp3) is 0.609. The summed E-state index contributed by atoms with van der Waals surface area (Å²) in [5.41, 5.74) is 7.38. The number of guanidine groups is 1. The molecule has 3 aliphatic rings. The second-order valence-corrected chi connectivity index (χ2v) is 10.2. The maximum atomic E-state index is 13.0. The largest absolute Gasteiger partial charge is 0.487 e. The fourth-order valence-corrected chi connectivity index (χ4v) is 4.57. The molecule has 0 radical (unpaired) electrons. The molecule has 0 aromatic heterocycles. The van der Waals surface area contributed by atoms with Crippen LogP contribution in [0.4, 0.5) is 0 Å². The Kier molecular flexibility index (Phi) is 4.83. The molecule has 0 spiro atoms. The van der Waals surface area contributed by atoms with Crippen molar-refractivity contribution in [2.75, 3.05) is 6.54 Å². The molecule has 3 atom stereocenters. The zero-order valence-corrected chi connectivity index (χ0v) is 18.5. The minimum atomic E-state index is -0.459. The molecule has 4 rings (SSSR count). The van der Waals surface area contributed by atoms with E-state index in [0.717, 1.165) is 23.3 Å². The Morgan fingerprint density at radius 2 is 2.07 bits per heavy atom. The van der Waals surface area contributed by atoms with Crippen molar-refractivity contribution in [1.82, 2.24) is 10.2 Å². The van der Waals surface area contributed by atoms with Gasteiger partial charge in [0.1, 0.15) is 11.4 Å². The lowest BCUT2D eigenvalue weighted by molar-refractivity contribution is -0.130. The van der Waals surface area contributed by atoms with E-state index in [1.165, 1.54) is 0 Å². The summed E-state index contributed by atoms with van der Waals surface area (Å²) in [5, 5.41) is 3.23. The number of hydrogen-bond acceptors (Lipinski definition) is 5. The number of aryl methyl sites for hydroxylation is 1. The molecular formula is C23H32N4O3. The van der Waals surface area contributed by atoms with Crippen LogP contribution in [0.2, 0.25) is 0 Å². The lowest BCUT2D eigenvalue weighted by Gasteiger charge is -2.38. The highest BCUT2D eigenvalue weighted by Crippen LogP contribution is 2.43. The van der Waals surface area contributed by atoms with Crippen LogP contribution >= 0.6 is 0 Å². The van der Waals surface area contributed by atoms with Gasteiger partial charge < -0.3 is 15.8 Å². The first-order valence-electron chi connectivity index (χ1n) is 10.7. The molecule has 3 N–H and O–H groups in total. The molecular weight excluding hydrogens is 380 g/mol. The second-order valence-electron chi connectivity index (χ2n) is 10.2. The summed E-state index contributed by atoms with van der Waals surface area (Å²) in [6.07, 6.45) is 1.82. The summed E-state index contributed by atoms with van der Waals surface area (Å²) in [5.74, 6) is 1.14. The van der Waals surface area contributed by atoms with Crippen molar-refractivity contribution in [2.45, 2.75) is 71.1 Å². The molecule has 1 aromatic rings. The van der Waals surface area contributed by atoms with Crippen molar-refractivity contribution in [3.8, 4) is 5.75 Å². The van der Waals surface area contributed by atoms with Crippen molar-refractivity contribution in [3.63, 3.8) is 0 Å². The minimum Gasteiger partial charge on any atom is -0.487 e. The van der Waals surface area contributed by atoms with Gasteiger partial charge in [-0.2, -0.15) is 0 Å². The molecule has 2 heterocycles. The van der Waals surface area contributed by atoms with Crippen LogP contribution in [0.1, 0.15) is 64.1 Å². The molecule has 7 nitrogen and oxygen atoms in total. The summed E-state index contributed by atoms with van der Waals surface area (Å²) in [7, 11) is 0. The van der Waals surface area contributed by atoms with E-state index in [1.54, 1.807) is 4.90 Å². The molecule has 162 valence electrons. The molecule has 1 saturated carbocycles. The monoisotopic (exact) mass is 412 g/mol. The highest BCUT2D eigenvalue weighted by atomic mass is 16.5. The number of nitrogens with one attached hydrogen (secondary N) is 1. The van der Waals surface area contributed by atoms with E-state index >= 15 is 0 Å². The molecule has 1 aromatic carbocycles. The van der Waals surface area contributed by atoms with Crippen LogP contribution in [0.25, 0.3) is 0 Å². The molecule has 30 heavy (non-hydrogen) atoms. The Balaban J connectivity index is 1.41. The topological polar surface area (TPSA) is 97.0 Å². The fourth-order valence-electron chi connectivity index (χ4n) is 4.57. The average molecular weight is 413 g/mol. The number of rotatable bonds is 4. The zero-order chi connectivity index (χ0) is 21.8. The predicted molar refractivity (Wildman–Crippen MR) is 115 cm³/mol. The lowest BCUT2D eigenvalue weighted by Crippen LogP contribution is -2.50. The van der Waals surface area contributed by atoms with Gasteiger partial charge in [-0.3, -0.25) is 14.5 Å². The Morgan fingerprint density at radius 3 is 2.77 bits per heavy atom. The normalized spacial score (nSPS) is 28.8. The maximum absolute atomic E-state index is 13.0. The minimum absolute atomic E-state index is 0.0194. The Labute approximate surface area is 178 Å². The van der Waals surface area contributed by atoms with Gasteiger partial charge >= 0.3 is 0 Å². The average Bonchev–Trinajstić information content (AvgIpc) is 3.35. The van der Waals surface area contributed by atoms with Gasteiger partial charge in [0.25, 0.3) is 0 Å². The number of benzene rings is 1. The van der Waals surface area contributed by atoms with Gasteiger partial charge in [-0.1, -0.05) is 12.1 Å². The Morgan fingerprint density at radius 1 is 1.33 bits per heavy atom. The summed E-state index contributed by atoms with van der Waals surface area (Å²) in [4.78, 5) is 31.4. The van der Waals surface area contributed by atoms with Crippen LogP contribution in [0.5, 0.6) is 5.75 Å². The lowest BCUT2D eigenvalue weighted by atomic mass is 9.89. The number of fused-ring (bicyclic) bond motifs is 1. The van der Waals surface area contributed by atoms with E-state index in [9.17, 15) is 9.59 Å². The Bertz CT molecular complexity index is 921. The summed E-state index contributed by atoms with van der Waals surface area (Å²) in [6.45, 7) is 10.4. The summed E-state index contributed by atoms with van der Waals surface area (Å²) < 4.78 is 6.13. The number of carbonyl (C=O) groups is 2. The third kappa shape index (κ3) is 4.16. The smallest absolute Gasteiger partial charge is 0.231 e. The van der Waals surface area contributed by atoms with E-state index < -0.39 is 5.54 Å². The number of aliphatic imine (C=N–C) groups is 1. The molecule has 0 saturated heterocycles. The van der Waals surface area contributed by atoms with Crippen molar-refractivity contribution in [1.29, 1.82) is 0 Å². The van der Waals surface area contributed by atoms with E-state index in [-0.39, 0.29) is 41.3 Å². The molecule has 1 fully saturated rings. The van der Waals surface area contributed by atoms with Crippen LogP contribution in [-0.4, -0.2) is 40.4 Å². The molecule has 2 aliphatic heterocycles. The molecule has 7 heteroatoms. The van der Waals surface area contributed by atoms with E-state index in [1.807, 2.05) is 52.8 Å². The van der Waals surface area contributed by atoms with Gasteiger partial charge in [0.05, 0.1) is 18.0 Å². The predicted octanol–water partition coefficient (Wildman–Crippen LogP) is 2.68. The first-order valence-corrected chi connectivity index (χ1v) is 10.7. The number of hydrogen-bond donors (Lipinski definition) is 2. The zero-order valence-electron chi connectivity index (χ0n) is 18.5. The van der Waals surface area contributed by atoms with Crippen LogP contribution < -0.4 is 15.8 Å². The van der Waals surface area contributed by atoms with Crippen molar-refractivity contribution in [2.24, 2.45) is 22.6 Å². The molecule has 0 unspecified atom stereocenters. The Hall–Kier alpha value is -2.57. The van der Waals surface area contributed by atoms with Gasteiger partial charge in [0.2, 0.25) is 11.8 Å². The molecule has 0 bridgehead atoms. The van der Waals surface area contributed by atoms with Gasteiger partial charge in [-0.05, 0) is 58.6 Å². The van der Waals surface area contributed by atoms with Crippen LogP contribution in [0.3, 0.4) is 0 Å². The van der Waals surface area contributed by atoms with Crippen molar-refractivity contribution >= 4 is 17.8 Å². The van der Waals surface area contributed by atoms with Gasteiger partial charge in [0.15, 0.2) is 5.96 Å². The van der Waals surface area contributed by atoms with Crippen molar-refractivity contribution in [3.05, 3.63) is 29.3 Å². The third-order valence-electron chi connectivity index (χ3n) is 6.20. The van der Waals surface area contributed by atoms with Crippen LogP contribution in [0, 0.1) is 18.8 Å². The number of carbonyl (C=O) groups excluding carboxylic acids is 2.